The van der Waals surface area contributed by atoms with Gasteiger partial charge in [-0.25, -0.2) is 0 Å². The van der Waals surface area contributed by atoms with E-state index in [0.29, 0.717) is 32.2 Å². The van der Waals surface area contributed by atoms with Crippen molar-refractivity contribution in [3.05, 3.63) is 0 Å². The fourth-order valence-corrected chi connectivity index (χ4v) is 3.08. The first-order valence-corrected chi connectivity index (χ1v) is 8.55. The summed E-state index contributed by atoms with van der Waals surface area (Å²) in [6, 6.07) is 0.412. The molecular formula is C16H30N4O2. The lowest BCUT2D eigenvalue weighted by atomic mass is 9.81. The van der Waals surface area contributed by atoms with Crippen molar-refractivity contribution in [2.24, 2.45) is 11.1 Å². The second-order valence-electron chi connectivity index (χ2n) is 6.60. The van der Waals surface area contributed by atoms with E-state index in [4.69, 9.17) is 5.73 Å². The minimum atomic E-state index is -0.411. The summed E-state index contributed by atoms with van der Waals surface area (Å²) >= 11 is 0. The predicted molar refractivity (Wildman–Crippen MR) is 86.3 cm³/mol. The molecule has 0 bridgehead atoms. The molecule has 1 heterocycles. The van der Waals surface area contributed by atoms with Crippen molar-refractivity contribution in [2.75, 3.05) is 39.3 Å². The summed E-state index contributed by atoms with van der Waals surface area (Å²) < 4.78 is 0. The van der Waals surface area contributed by atoms with Crippen molar-refractivity contribution in [3.63, 3.8) is 0 Å². The van der Waals surface area contributed by atoms with Crippen molar-refractivity contribution >= 4 is 11.8 Å². The molecule has 0 aromatic rings. The van der Waals surface area contributed by atoms with Crippen LogP contribution in [0.1, 0.15) is 39.5 Å². The molecule has 6 heteroatoms. The zero-order valence-electron chi connectivity index (χ0n) is 13.9. The summed E-state index contributed by atoms with van der Waals surface area (Å²) in [6.45, 7) is 7.83. The maximum atomic E-state index is 12.7. The first-order chi connectivity index (χ1) is 10.5. The Balaban J connectivity index is 1.80. The lowest BCUT2D eigenvalue weighted by Crippen LogP contribution is -2.55. The number of carbonyl (C=O) groups is 2. The average Bonchev–Trinajstić information content (AvgIpc) is 3.34. The highest BCUT2D eigenvalue weighted by Gasteiger charge is 2.38. The SMILES string of the molecule is CCC(CC)(CN)C(=O)N1CCN(CC(=O)NC2CC2)CC1. The van der Waals surface area contributed by atoms with E-state index in [9.17, 15) is 9.59 Å². The van der Waals surface area contributed by atoms with Crippen LogP contribution in [0, 0.1) is 5.41 Å². The minimum absolute atomic E-state index is 0.112. The topological polar surface area (TPSA) is 78.7 Å². The largest absolute Gasteiger partial charge is 0.352 e. The second-order valence-corrected chi connectivity index (χ2v) is 6.60. The number of rotatable bonds is 7. The number of nitrogens with two attached hydrogens (primary N) is 1. The average molecular weight is 310 g/mol. The van der Waals surface area contributed by atoms with E-state index in [0.717, 1.165) is 38.8 Å². The van der Waals surface area contributed by atoms with Crippen LogP contribution in [0.2, 0.25) is 0 Å². The quantitative estimate of drug-likeness (QED) is 0.703. The van der Waals surface area contributed by atoms with E-state index in [1.54, 1.807) is 0 Å². The highest BCUT2D eigenvalue weighted by Crippen LogP contribution is 2.28. The summed E-state index contributed by atoms with van der Waals surface area (Å²) in [7, 11) is 0. The van der Waals surface area contributed by atoms with Crippen molar-refractivity contribution in [1.82, 2.24) is 15.1 Å². The fraction of sp³-hybridized carbons (Fsp3) is 0.875. The molecule has 1 aliphatic heterocycles. The molecule has 126 valence electrons. The molecule has 0 atom stereocenters. The number of hydrogen-bond donors (Lipinski definition) is 2. The van der Waals surface area contributed by atoms with Crippen LogP contribution in [0.4, 0.5) is 0 Å². The number of amides is 2. The van der Waals surface area contributed by atoms with Crippen molar-refractivity contribution in [1.29, 1.82) is 0 Å². The number of nitrogens with one attached hydrogen (secondary N) is 1. The van der Waals surface area contributed by atoms with Crippen LogP contribution in [0.25, 0.3) is 0 Å². The molecule has 2 aliphatic rings. The van der Waals surface area contributed by atoms with Crippen LogP contribution in [0.5, 0.6) is 0 Å². The van der Waals surface area contributed by atoms with Crippen LogP contribution in [0.15, 0.2) is 0 Å². The van der Waals surface area contributed by atoms with E-state index < -0.39 is 5.41 Å². The summed E-state index contributed by atoms with van der Waals surface area (Å²) in [4.78, 5) is 28.6. The Hall–Kier alpha value is -1.14. The normalized spacial score (nSPS) is 20.0. The molecule has 2 fully saturated rings. The molecule has 0 aromatic carbocycles. The van der Waals surface area contributed by atoms with Gasteiger partial charge in [-0.1, -0.05) is 13.8 Å². The second kappa shape index (κ2) is 7.42. The van der Waals surface area contributed by atoms with Gasteiger partial charge in [0.2, 0.25) is 11.8 Å². The van der Waals surface area contributed by atoms with Gasteiger partial charge >= 0.3 is 0 Å². The molecule has 2 amide bonds. The molecule has 2 rings (SSSR count). The first-order valence-electron chi connectivity index (χ1n) is 8.55. The van der Waals surface area contributed by atoms with Crippen LogP contribution in [0.3, 0.4) is 0 Å². The van der Waals surface area contributed by atoms with Gasteiger partial charge < -0.3 is 16.0 Å². The third-order valence-electron chi connectivity index (χ3n) is 5.17. The Labute approximate surface area is 133 Å². The van der Waals surface area contributed by atoms with E-state index in [2.05, 4.69) is 10.2 Å². The molecule has 1 saturated carbocycles. The lowest BCUT2D eigenvalue weighted by molar-refractivity contribution is -0.144. The van der Waals surface area contributed by atoms with Gasteiger partial charge in [-0.05, 0) is 25.7 Å². The summed E-state index contributed by atoms with van der Waals surface area (Å²) in [5.74, 6) is 0.294. The summed E-state index contributed by atoms with van der Waals surface area (Å²) in [6.07, 6.45) is 3.79. The van der Waals surface area contributed by atoms with Gasteiger partial charge in [0.05, 0.1) is 12.0 Å². The summed E-state index contributed by atoms with van der Waals surface area (Å²) in [5, 5.41) is 3.01. The molecule has 1 saturated heterocycles. The highest BCUT2D eigenvalue weighted by molar-refractivity contribution is 5.83. The molecule has 3 N–H and O–H groups in total. The lowest BCUT2D eigenvalue weighted by Gasteiger charge is -2.40. The molecule has 6 nitrogen and oxygen atoms in total. The molecule has 0 aromatic heterocycles. The Bertz CT molecular complexity index is 389. The number of piperazine rings is 1. The van der Waals surface area contributed by atoms with Crippen molar-refractivity contribution < 1.29 is 9.59 Å². The Morgan fingerprint density at radius 3 is 2.18 bits per heavy atom. The number of nitrogens with zero attached hydrogens (tertiary/aromatic N) is 2. The smallest absolute Gasteiger partial charge is 0.234 e. The molecule has 22 heavy (non-hydrogen) atoms. The highest BCUT2D eigenvalue weighted by atomic mass is 16.2. The Morgan fingerprint density at radius 2 is 1.73 bits per heavy atom. The molecule has 0 unspecified atom stereocenters. The van der Waals surface area contributed by atoms with Gasteiger partial charge in [0.1, 0.15) is 0 Å². The number of carbonyl (C=O) groups excluding carboxylic acids is 2. The van der Waals surface area contributed by atoms with Crippen LogP contribution < -0.4 is 11.1 Å². The van der Waals surface area contributed by atoms with E-state index in [1.807, 2.05) is 18.7 Å². The van der Waals surface area contributed by atoms with Crippen LogP contribution in [-0.2, 0) is 9.59 Å². The standard InChI is InChI=1S/C16H30N4O2/c1-3-16(4-2,12-17)15(22)20-9-7-19(8-10-20)11-14(21)18-13-5-6-13/h13H,3-12,17H2,1-2H3,(H,18,21). The van der Waals surface area contributed by atoms with Gasteiger partial charge in [0.25, 0.3) is 0 Å². The predicted octanol–water partition coefficient (Wildman–Crippen LogP) is 0.174. The van der Waals surface area contributed by atoms with Crippen LogP contribution in [-0.4, -0.2) is 66.9 Å². The van der Waals surface area contributed by atoms with Gasteiger partial charge in [0, 0.05) is 38.8 Å². The summed E-state index contributed by atoms with van der Waals surface area (Å²) in [5.41, 5.74) is 5.46. The molecule has 1 aliphatic carbocycles. The van der Waals surface area contributed by atoms with Crippen molar-refractivity contribution in [2.45, 2.75) is 45.6 Å². The number of hydrogen-bond acceptors (Lipinski definition) is 4. The minimum Gasteiger partial charge on any atom is -0.352 e. The van der Waals surface area contributed by atoms with E-state index >= 15 is 0 Å². The maximum Gasteiger partial charge on any atom is 0.234 e. The fourth-order valence-electron chi connectivity index (χ4n) is 3.08. The molecule has 0 spiro atoms. The monoisotopic (exact) mass is 310 g/mol. The maximum absolute atomic E-state index is 12.7. The van der Waals surface area contributed by atoms with Gasteiger partial charge in [-0.3, -0.25) is 14.5 Å². The van der Waals surface area contributed by atoms with Gasteiger partial charge in [-0.15, -0.1) is 0 Å². The Morgan fingerprint density at radius 1 is 1.14 bits per heavy atom. The van der Waals surface area contributed by atoms with Gasteiger partial charge in [-0.2, -0.15) is 0 Å². The van der Waals surface area contributed by atoms with Crippen molar-refractivity contribution in [3.8, 4) is 0 Å². The zero-order valence-corrected chi connectivity index (χ0v) is 13.9. The van der Waals surface area contributed by atoms with Gasteiger partial charge in [0.15, 0.2) is 0 Å². The van der Waals surface area contributed by atoms with E-state index in [1.165, 1.54) is 0 Å². The first kappa shape index (κ1) is 17.2. The molecule has 0 radical (unpaired) electrons. The van der Waals surface area contributed by atoms with E-state index in [-0.39, 0.29) is 11.8 Å². The third-order valence-corrected chi connectivity index (χ3v) is 5.17. The van der Waals surface area contributed by atoms with Crippen LogP contribution >= 0.6 is 0 Å². The third kappa shape index (κ3) is 3.98. The molecular weight excluding hydrogens is 280 g/mol. The Kier molecular flexibility index (Phi) is 5.81. The zero-order chi connectivity index (χ0) is 16.2.